The average molecular weight is 423 g/mol. The summed E-state index contributed by atoms with van der Waals surface area (Å²) in [5.74, 6) is -0.625. The van der Waals surface area contributed by atoms with Crippen molar-refractivity contribution in [1.82, 2.24) is 25.1 Å². The summed E-state index contributed by atoms with van der Waals surface area (Å²) in [5.41, 5.74) is 2.07. The zero-order valence-corrected chi connectivity index (χ0v) is 16.7. The van der Waals surface area contributed by atoms with E-state index in [9.17, 15) is 14.0 Å². The van der Waals surface area contributed by atoms with Crippen LogP contribution in [0.2, 0.25) is 0 Å². The molecule has 160 valence electrons. The van der Waals surface area contributed by atoms with Crippen molar-refractivity contribution in [3.63, 3.8) is 0 Å². The van der Waals surface area contributed by atoms with Gasteiger partial charge in [-0.05, 0) is 84.9 Å². The number of benzene rings is 2. The Morgan fingerprint density at radius 2 is 1.61 bits per heavy atom. The second-order valence-corrected chi connectivity index (χ2v) is 7.40. The first-order chi connectivity index (χ1) is 15.1. The van der Waals surface area contributed by atoms with Gasteiger partial charge in [0.25, 0.3) is 0 Å². The van der Waals surface area contributed by atoms with Crippen molar-refractivity contribution in [1.29, 1.82) is 0 Å². The molecule has 2 heterocycles. The van der Waals surface area contributed by atoms with E-state index in [0.29, 0.717) is 37.3 Å². The molecule has 0 spiro atoms. The van der Waals surface area contributed by atoms with E-state index in [1.165, 1.54) is 35.3 Å². The SMILES string of the molecule is O=C(CN1CCC(C(=O)Nc2ccc(-n3cnnn3)cc2)CC1)Nc1ccc(F)cc1. The van der Waals surface area contributed by atoms with E-state index in [1.807, 2.05) is 29.2 Å². The molecule has 3 aromatic rings. The van der Waals surface area contributed by atoms with Crippen LogP contribution in [0.4, 0.5) is 15.8 Å². The molecule has 0 bridgehead atoms. The van der Waals surface area contributed by atoms with Gasteiger partial charge in [-0.3, -0.25) is 14.5 Å². The summed E-state index contributed by atoms with van der Waals surface area (Å²) in [5, 5.41) is 16.7. The van der Waals surface area contributed by atoms with Crippen molar-refractivity contribution < 1.29 is 14.0 Å². The molecule has 2 N–H and O–H groups in total. The van der Waals surface area contributed by atoms with Crippen LogP contribution in [0.15, 0.2) is 54.9 Å². The lowest BCUT2D eigenvalue weighted by Gasteiger charge is -2.30. The standard InChI is InChI=1S/C21H22FN7O2/c22-16-1-3-17(4-2-16)24-20(30)13-28-11-9-15(10-12-28)21(31)25-18-5-7-19(8-6-18)29-14-23-26-27-29/h1-8,14-15H,9-13H2,(H,24,30)(H,25,31). The summed E-state index contributed by atoms with van der Waals surface area (Å²) in [6.45, 7) is 1.56. The Bertz CT molecular complexity index is 1010. The smallest absolute Gasteiger partial charge is 0.238 e. The Kier molecular flexibility index (Phi) is 6.27. The van der Waals surface area contributed by atoms with Gasteiger partial charge in [0, 0.05) is 17.3 Å². The van der Waals surface area contributed by atoms with Gasteiger partial charge in [0.2, 0.25) is 11.8 Å². The quantitative estimate of drug-likeness (QED) is 0.629. The van der Waals surface area contributed by atoms with E-state index in [-0.39, 0.29) is 30.1 Å². The van der Waals surface area contributed by atoms with Crippen LogP contribution in [0.1, 0.15) is 12.8 Å². The Balaban J connectivity index is 1.22. The number of carbonyl (C=O) groups excluding carboxylic acids is 2. The first-order valence-corrected chi connectivity index (χ1v) is 9.99. The maximum Gasteiger partial charge on any atom is 0.238 e. The molecule has 4 rings (SSSR count). The Morgan fingerprint density at radius 1 is 0.968 bits per heavy atom. The number of rotatable bonds is 6. The minimum Gasteiger partial charge on any atom is -0.326 e. The largest absolute Gasteiger partial charge is 0.326 e. The lowest BCUT2D eigenvalue weighted by atomic mass is 9.96. The molecule has 10 heteroatoms. The molecule has 9 nitrogen and oxygen atoms in total. The number of tetrazole rings is 1. The summed E-state index contributed by atoms with van der Waals surface area (Å²) in [7, 11) is 0. The number of amides is 2. The number of hydrogen-bond acceptors (Lipinski definition) is 6. The molecule has 2 aromatic carbocycles. The van der Waals surface area contributed by atoms with Crippen molar-refractivity contribution >= 4 is 23.2 Å². The highest BCUT2D eigenvalue weighted by molar-refractivity contribution is 5.93. The van der Waals surface area contributed by atoms with Gasteiger partial charge >= 0.3 is 0 Å². The molecule has 0 unspecified atom stereocenters. The van der Waals surface area contributed by atoms with Crippen molar-refractivity contribution in [3.8, 4) is 5.69 Å². The predicted molar refractivity (Wildman–Crippen MR) is 112 cm³/mol. The van der Waals surface area contributed by atoms with Crippen molar-refractivity contribution in [3.05, 3.63) is 60.7 Å². The van der Waals surface area contributed by atoms with Crippen LogP contribution in [0, 0.1) is 11.7 Å². The number of halogens is 1. The second kappa shape index (κ2) is 9.43. The maximum absolute atomic E-state index is 13.0. The molecule has 1 aliphatic rings. The molecular formula is C21H22FN7O2. The fourth-order valence-corrected chi connectivity index (χ4v) is 3.51. The minimum atomic E-state index is -0.346. The normalized spacial score (nSPS) is 14.9. The molecule has 1 fully saturated rings. The topological polar surface area (TPSA) is 105 Å². The molecule has 31 heavy (non-hydrogen) atoms. The van der Waals surface area contributed by atoms with Crippen molar-refractivity contribution in [2.75, 3.05) is 30.3 Å². The van der Waals surface area contributed by atoms with Crippen LogP contribution >= 0.6 is 0 Å². The van der Waals surface area contributed by atoms with Gasteiger partial charge in [-0.2, -0.15) is 0 Å². The minimum absolute atomic E-state index is 0.0226. The van der Waals surface area contributed by atoms with Gasteiger partial charge in [-0.15, -0.1) is 5.10 Å². The Morgan fingerprint density at radius 3 is 2.26 bits per heavy atom. The molecule has 1 aromatic heterocycles. The highest BCUT2D eigenvalue weighted by Gasteiger charge is 2.26. The second-order valence-electron chi connectivity index (χ2n) is 7.40. The summed E-state index contributed by atoms with van der Waals surface area (Å²) in [4.78, 5) is 26.8. The highest BCUT2D eigenvalue weighted by atomic mass is 19.1. The molecule has 0 saturated carbocycles. The van der Waals surface area contributed by atoms with E-state index in [0.717, 1.165) is 5.69 Å². The molecule has 2 amide bonds. The monoisotopic (exact) mass is 423 g/mol. The molecule has 0 radical (unpaired) electrons. The third-order valence-corrected chi connectivity index (χ3v) is 5.20. The number of hydrogen-bond donors (Lipinski definition) is 2. The fraction of sp³-hybridized carbons (Fsp3) is 0.286. The van der Waals surface area contributed by atoms with Crippen LogP contribution in [-0.4, -0.2) is 56.6 Å². The Hall–Kier alpha value is -3.66. The number of anilines is 2. The zero-order valence-electron chi connectivity index (χ0n) is 16.7. The van der Waals surface area contributed by atoms with Gasteiger partial charge in [0.05, 0.1) is 12.2 Å². The first-order valence-electron chi connectivity index (χ1n) is 9.99. The number of aromatic nitrogens is 4. The third kappa shape index (κ3) is 5.48. The maximum atomic E-state index is 13.0. The van der Waals surface area contributed by atoms with Crippen molar-refractivity contribution in [2.24, 2.45) is 5.92 Å². The van der Waals surface area contributed by atoms with Gasteiger partial charge in [-0.25, -0.2) is 9.07 Å². The molecular weight excluding hydrogens is 401 g/mol. The summed E-state index contributed by atoms with van der Waals surface area (Å²) in [6, 6.07) is 12.9. The summed E-state index contributed by atoms with van der Waals surface area (Å²) in [6.07, 6.45) is 2.86. The van der Waals surface area contributed by atoms with E-state index in [1.54, 1.807) is 0 Å². The van der Waals surface area contributed by atoms with Crippen LogP contribution in [-0.2, 0) is 9.59 Å². The number of likely N-dealkylation sites (tertiary alicyclic amines) is 1. The number of carbonyl (C=O) groups is 2. The summed E-state index contributed by atoms with van der Waals surface area (Å²) < 4.78 is 14.5. The van der Waals surface area contributed by atoms with E-state index in [2.05, 4.69) is 26.2 Å². The number of piperidine rings is 1. The van der Waals surface area contributed by atoms with Gasteiger partial charge in [-0.1, -0.05) is 0 Å². The van der Waals surface area contributed by atoms with Crippen LogP contribution in [0.5, 0.6) is 0 Å². The van der Waals surface area contributed by atoms with Crippen molar-refractivity contribution in [2.45, 2.75) is 12.8 Å². The fourth-order valence-electron chi connectivity index (χ4n) is 3.51. The van der Waals surface area contributed by atoms with Crippen LogP contribution < -0.4 is 10.6 Å². The van der Waals surface area contributed by atoms with E-state index in [4.69, 9.17) is 0 Å². The lowest BCUT2D eigenvalue weighted by molar-refractivity contribution is -0.121. The van der Waals surface area contributed by atoms with E-state index < -0.39 is 0 Å². The number of nitrogens with one attached hydrogen (secondary N) is 2. The lowest BCUT2D eigenvalue weighted by Crippen LogP contribution is -2.41. The number of nitrogens with zero attached hydrogens (tertiary/aromatic N) is 5. The predicted octanol–water partition coefficient (Wildman–Crippen LogP) is 2.09. The average Bonchev–Trinajstić information content (AvgIpc) is 3.31. The molecule has 1 saturated heterocycles. The Labute approximate surface area is 178 Å². The zero-order chi connectivity index (χ0) is 21.6. The molecule has 0 aliphatic carbocycles. The van der Waals surface area contributed by atoms with Crippen LogP contribution in [0.3, 0.4) is 0 Å². The molecule has 1 aliphatic heterocycles. The van der Waals surface area contributed by atoms with Gasteiger partial charge in [0.1, 0.15) is 12.1 Å². The van der Waals surface area contributed by atoms with Gasteiger partial charge in [0.15, 0.2) is 0 Å². The molecule has 0 atom stereocenters. The third-order valence-electron chi connectivity index (χ3n) is 5.20. The highest BCUT2D eigenvalue weighted by Crippen LogP contribution is 2.20. The van der Waals surface area contributed by atoms with Gasteiger partial charge < -0.3 is 10.6 Å². The van der Waals surface area contributed by atoms with Crippen LogP contribution in [0.25, 0.3) is 5.69 Å². The first kappa shape index (κ1) is 20.6. The summed E-state index contributed by atoms with van der Waals surface area (Å²) >= 11 is 0. The van der Waals surface area contributed by atoms with E-state index >= 15 is 0 Å².